The van der Waals surface area contributed by atoms with Crippen LogP contribution >= 0.6 is 0 Å². The fourth-order valence-electron chi connectivity index (χ4n) is 2.34. The van der Waals surface area contributed by atoms with Crippen molar-refractivity contribution < 1.29 is 27.8 Å². The predicted octanol–water partition coefficient (Wildman–Crippen LogP) is -0.283. The zero-order chi connectivity index (χ0) is 13.9. The molecule has 0 bridgehead atoms. The summed E-state index contributed by atoms with van der Waals surface area (Å²) in [6, 6.07) is 0. The molecule has 2 aliphatic rings. The molecule has 7 nitrogen and oxygen atoms in total. The first-order valence-electron chi connectivity index (χ1n) is 6.43. The summed E-state index contributed by atoms with van der Waals surface area (Å²) in [4.78, 5) is 10.7. The normalized spacial score (nSPS) is 31.7. The third-order valence-electron chi connectivity index (χ3n) is 3.34. The monoisotopic (exact) mass is 293 g/mol. The number of carboxylic acids is 1. The van der Waals surface area contributed by atoms with Crippen molar-refractivity contribution in [2.24, 2.45) is 0 Å². The quantitative estimate of drug-likeness (QED) is 0.698. The van der Waals surface area contributed by atoms with Gasteiger partial charge in [-0.3, -0.25) is 0 Å². The first-order valence-corrected chi connectivity index (χ1v) is 8.09. The molecule has 0 amide bonds. The average molecular weight is 293 g/mol. The van der Waals surface area contributed by atoms with Gasteiger partial charge < -0.3 is 14.6 Å². The Hall–Kier alpha value is -0.700. The van der Waals surface area contributed by atoms with Crippen LogP contribution in [-0.2, 0) is 24.3 Å². The van der Waals surface area contributed by atoms with Gasteiger partial charge in [-0.25, -0.2) is 17.9 Å². The number of sulfonamides is 1. The number of rotatable bonds is 6. The van der Waals surface area contributed by atoms with Crippen molar-refractivity contribution in [1.82, 2.24) is 4.72 Å². The van der Waals surface area contributed by atoms with Crippen LogP contribution < -0.4 is 4.72 Å². The second-order valence-electron chi connectivity index (χ2n) is 4.93. The van der Waals surface area contributed by atoms with Crippen LogP contribution in [0.25, 0.3) is 0 Å². The van der Waals surface area contributed by atoms with Crippen molar-refractivity contribution in [3.8, 4) is 0 Å². The van der Waals surface area contributed by atoms with Crippen molar-refractivity contribution in [2.45, 2.75) is 44.0 Å². The molecule has 2 N–H and O–H groups in total. The number of carboxylic acid groups (broad SMARTS) is 1. The van der Waals surface area contributed by atoms with Crippen LogP contribution in [0.1, 0.15) is 25.7 Å². The van der Waals surface area contributed by atoms with Crippen LogP contribution in [0, 0.1) is 0 Å². The summed E-state index contributed by atoms with van der Waals surface area (Å²) in [5.74, 6) is -1.04. The van der Waals surface area contributed by atoms with E-state index in [0.717, 1.165) is 12.8 Å². The molecule has 0 saturated carbocycles. The molecule has 0 aliphatic carbocycles. The summed E-state index contributed by atoms with van der Waals surface area (Å²) < 4.78 is 36.6. The number of ether oxygens (including phenoxy) is 2. The maximum atomic E-state index is 11.8. The first kappa shape index (κ1) is 14.7. The van der Waals surface area contributed by atoms with Gasteiger partial charge in [0.05, 0.1) is 18.0 Å². The second-order valence-corrected chi connectivity index (χ2v) is 6.78. The van der Waals surface area contributed by atoms with Gasteiger partial charge in [-0.1, -0.05) is 0 Å². The molecule has 2 aliphatic heterocycles. The Balaban J connectivity index is 1.74. The van der Waals surface area contributed by atoms with Crippen LogP contribution in [0.4, 0.5) is 0 Å². The predicted molar refractivity (Wildman–Crippen MR) is 66.3 cm³/mol. The lowest BCUT2D eigenvalue weighted by atomic mass is 10.2. The van der Waals surface area contributed by atoms with Crippen LogP contribution in [-0.4, -0.2) is 56.7 Å². The van der Waals surface area contributed by atoms with Gasteiger partial charge in [-0.05, 0) is 25.7 Å². The third kappa shape index (κ3) is 4.41. The summed E-state index contributed by atoms with van der Waals surface area (Å²) in [5.41, 5.74) is 0. The molecule has 2 fully saturated rings. The van der Waals surface area contributed by atoms with Crippen LogP contribution in [0.15, 0.2) is 0 Å². The lowest BCUT2D eigenvalue weighted by molar-refractivity contribution is -0.149. The number of aliphatic carboxylic acids is 1. The van der Waals surface area contributed by atoms with E-state index in [2.05, 4.69) is 4.72 Å². The van der Waals surface area contributed by atoms with E-state index in [4.69, 9.17) is 14.6 Å². The Morgan fingerprint density at radius 3 is 2.63 bits per heavy atom. The van der Waals surface area contributed by atoms with Gasteiger partial charge in [0.2, 0.25) is 10.0 Å². The summed E-state index contributed by atoms with van der Waals surface area (Å²) in [5, 5.41) is 8.77. The SMILES string of the molecule is O=C(O)C1CCC(CNS(=O)(=O)CC2CCCO2)O1. The van der Waals surface area contributed by atoms with Crippen molar-refractivity contribution in [3.63, 3.8) is 0 Å². The van der Waals surface area contributed by atoms with Crippen molar-refractivity contribution >= 4 is 16.0 Å². The maximum Gasteiger partial charge on any atom is 0.332 e. The Bertz CT molecular complexity index is 417. The molecule has 3 atom stereocenters. The van der Waals surface area contributed by atoms with Gasteiger partial charge in [-0.15, -0.1) is 0 Å². The Morgan fingerprint density at radius 2 is 2.05 bits per heavy atom. The lowest BCUT2D eigenvalue weighted by Gasteiger charge is -2.14. The molecule has 0 aromatic rings. The molecular formula is C11H19NO6S. The van der Waals surface area contributed by atoms with E-state index in [1.54, 1.807) is 0 Å². The molecule has 2 rings (SSSR count). The van der Waals surface area contributed by atoms with Crippen molar-refractivity contribution in [3.05, 3.63) is 0 Å². The van der Waals surface area contributed by atoms with E-state index in [-0.39, 0.29) is 24.5 Å². The minimum atomic E-state index is -3.39. The molecule has 2 heterocycles. The van der Waals surface area contributed by atoms with Gasteiger partial charge in [-0.2, -0.15) is 0 Å². The average Bonchev–Trinajstić information content (AvgIpc) is 2.96. The van der Waals surface area contributed by atoms with E-state index < -0.39 is 22.1 Å². The largest absolute Gasteiger partial charge is 0.479 e. The first-order chi connectivity index (χ1) is 8.96. The third-order valence-corrected chi connectivity index (χ3v) is 4.76. The molecule has 0 spiro atoms. The highest BCUT2D eigenvalue weighted by Gasteiger charge is 2.31. The van der Waals surface area contributed by atoms with E-state index in [1.807, 2.05) is 0 Å². The van der Waals surface area contributed by atoms with Crippen molar-refractivity contribution in [2.75, 3.05) is 18.9 Å². The zero-order valence-electron chi connectivity index (χ0n) is 10.6. The minimum absolute atomic E-state index is 0.0396. The van der Waals surface area contributed by atoms with Gasteiger partial charge >= 0.3 is 5.97 Å². The molecule has 110 valence electrons. The van der Waals surface area contributed by atoms with E-state index in [9.17, 15) is 13.2 Å². The fourth-order valence-corrected chi connectivity index (χ4v) is 3.65. The zero-order valence-corrected chi connectivity index (χ0v) is 11.4. The number of carbonyl (C=O) groups is 1. The Labute approximate surface area is 112 Å². The standard InChI is InChI=1S/C11H19NO6S/c13-11(14)10-4-3-8(18-10)6-12-19(15,16)7-9-2-1-5-17-9/h8-10,12H,1-7H2,(H,13,14). The van der Waals surface area contributed by atoms with Crippen LogP contribution in [0.2, 0.25) is 0 Å². The molecular weight excluding hydrogens is 274 g/mol. The van der Waals surface area contributed by atoms with Gasteiger partial charge in [0.1, 0.15) is 0 Å². The minimum Gasteiger partial charge on any atom is -0.479 e. The molecule has 0 aromatic heterocycles. The van der Waals surface area contributed by atoms with Crippen molar-refractivity contribution in [1.29, 1.82) is 0 Å². The summed E-state index contributed by atoms with van der Waals surface area (Å²) >= 11 is 0. The maximum absolute atomic E-state index is 11.8. The summed E-state index contributed by atoms with van der Waals surface area (Å²) in [6.07, 6.45) is 1.24. The van der Waals surface area contributed by atoms with Gasteiger partial charge in [0.25, 0.3) is 0 Å². The molecule has 2 saturated heterocycles. The highest BCUT2D eigenvalue weighted by molar-refractivity contribution is 7.89. The Kier molecular flexibility index (Phi) is 4.77. The number of hydrogen-bond donors (Lipinski definition) is 2. The van der Waals surface area contributed by atoms with Crippen LogP contribution in [0.5, 0.6) is 0 Å². The Morgan fingerprint density at radius 1 is 1.26 bits per heavy atom. The fraction of sp³-hybridized carbons (Fsp3) is 0.909. The van der Waals surface area contributed by atoms with Gasteiger partial charge in [0.15, 0.2) is 6.10 Å². The van der Waals surface area contributed by atoms with E-state index >= 15 is 0 Å². The number of hydrogen-bond acceptors (Lipinski definition) is 5. The molecule has 3 unspecified atom stereocenters. The smallest absolute Gasteiger partial charge is 0.332 e. The molecule has 19 heavy (non-hydrogen) atoms. The lowest BCUT2D eigenvalue weighted by Crippen LogP contribution is -2.37. The van der Waals surface area contributed by atoms with Gasteiger partial charge in [0, 0.05) is 13.2 Å². The molecule has 0 aromatic carbocycles. The number of nitrogens with one attached hydrogen (secondary N) is 1. The van der Waals surface area contributed by atoms with Crippen LogP contribution in [0.3, 0.4) is 0 Å². The topological polar surface area (TPSA) is 102 Å². The summed E-state index contributed by atoms with van der Waals surface area (Å²) in [6.45, 7) is 0.741. The highest BCUT2D eigenvalue weighted by atomic mass is 32.2. The summed E-state index contributed by atoms with van der Waals surface area (Å²) in [7, 11) is -3.39. The van der Waals surface area contributed by atoms with E-state index in [1.165, 1.54) is 0 Å². The molecule has 8 heteroatoms. The second kappa shape index (κ2) is 6.17. The molecule has 0 radical (unpaired) electrons. The van der Waals surface area contributed by atoms with E-state index in [0.29, 0.717) is 19.4 Å². The highest BCUT2D eigenvalue weighted by Crippen LogP contribution is 2.19.